The molecule has 0 aliphatic carbocycles. The molecular weight excluding hydrogens is 350 g/mol. The van der Waals surface area contributed by atoms with Crippen LogP contribution in [0.2, 0.25) is 0 Å². The molecule has 0 spiro atoms. The van der Waals surface area contributed by atoms with Crippen molar-refractivity contribution in [2.75, 3.05) is 6.79 Å². The fourth-order valence-electron chi connectivity index (χ4n) is 2.69. The van der Waals surface area contributed by atoms with Crippen molar-refractivity contribution in [2.24, 2.45) is 4.99 Å². The summed E-state index contributed by atoms with van der Waals surface area (Å²) in [4.78, 5) is 17.4. The minimum Gasteiger partial charge on any atom is -0.454 e. The smallest absolute Gasteiger partial charge is 0.279 e. The third-order valence-electron chi connectivity index (χ3n) is 3.95. The lowest BCUT2D eigenvalue weighted by Gasteiger charge is -2.02. The van der Waals surface area contributed by atoms with E-state index in [4.69, 9.17) is 14.7 Å². The summed E-state index contributed by atoms with van der Waals surface area (Å²) in [7, 11) is 0. The molecule has 0 saturated carbocycles. The van der Waals surface area contributed by atoms with Crippen LogP contribution in [-0.4, -0.2) is 17.3 Å². The van der Waals surface area contributed by atoms with Crippen molar-refractivity contribution in [1.82, 2.24) is 4.57 Å². The Kier molecular flexibility index (Phi) is 4.03. The van der Waals surface area contributed by atoms with Gasteiger partial charge in [0.05, 0.1) is 21.8 Å². The Labute approximate surface area is 152 Å². The van der Waals surface area contributed by atoms with Crippen molar-refractivity contribution >= 4 is 27.5 Å². The van der Waals surface area contributed by atoms with Crippen molar-refractivity contribution in [3.05, 3.63) is 65.0 Å². The lowest BCUT2D eigenvalue weighted by atomic mass is 10.1. The van der Waals surface area contributed by atoms with Gasteiger partial charge >= 0.3 is 0 Å². The Bertz CT molecular complexity index is 1130. The van der Waals surface area contributed by atoms with Gasteiger partial charge in [-0.1, -0.05) is 17.4 Å². The first-order chi connectivity index (χ1) is 12.7. The van der Waals surface area contributed by atoms with E-state index >= 15 is 0 Å². The zero-order valence-corrected chi connectivity index (χ0v) is 14.5. The summed E-state index contributed by atoms with van der Waals surface area (Å²) in [6.45, 7) is 4.51. The third kappa shape index (κ3) is 2.76. The summed E-state index contributed by atoms with van der Waals surface area (Å²) in [5.74, 6) is 1.01. The lowest BCUT2D eigenvalue weighted by Crippen LogP contribution is -2.16. The maximum Gasteiger partial charge on any atom is 0.279 e. The van der Waals surface area contributed by atoms with Gasteiger partial charge in [-0.25, -0.2) is 0 Å². The molecule has 1 aliphatic rings. The van der Waals surface area contributed by atoms with E-state index in [1.54, 1.807) is 30.3 Å². The molecule has 128 valence electrons. The number of nitriles is 1. The van der Waals surface area contributed by atoms with E-state index in [-0.39, 0.29) is 12.7 Å². The van der Waals surface area contributed by atoms with Gasteiger partial charge in [-0.3, -0.25) is 4.79 Å². The van der Waals surface area contributed by atoms with Crippen LogP contribution >= 0.6 is 11.3 Å². The number of nitrogens with zero attached hydrogens (tertiary/aromatic N) is 3. The number of carbonyl (C=O) groups excluding carboxylic acids is 1. The molecule has 7 heteroatoms. The monoisotopic (exact) mass is 363 g/mol. The summed E-state index contributed by atoms with van der Waals surface area (Å²) in [6, 6.07) is 12.2. The zero-order valence-electron chi connectivity index (χ0n) is 13.6. The minimum atomic E-state index is -0.362. The molecule has 0 unspecified atom stereocenters. The van der Waals surface area contributed by atoms with Crippen LogP contribution in [0.3, 0.4) is 0 Å². The van der Waals surface area contributed by atoms with Gasteiger partial charge in [0.15, 0.2) is 16.3 Å². The fraction of sp³-hybridized carbons (Fsp3) is 0.105. The Morgan fingerprint density at radius 3 is 2.73 bits per heavy atom. The van der Waals surface area contributed by atoms with Crippen LogP contribution in [0.1, 0.15) is 15.9 Å². The fourth-order valence-corrected chi connectivity index (χ4v) is 3.74. The summed E-state index contributed by atoms with van der Waals surface area (Å²) in [5, 5.41) is 8.86. The third-order valence-corrected chi connectivity index (χ3v) is 4.99. The van der Waals surface area contributed by atoms with Gasteiger partial charge in [-0.15, -0.1) is 6.58 Å². The van der Waals surface area contributed by atoms with E-state index in [9.17, 15) is 4.79 Å². The molecule has 6 nitrogen and oxygen atoms in total. The highest BCUT2D eigenvalue weighted by molar-refractivity contribution is 7.16. The maximum atomic E-state index is 12.5. The molecule has 3 aromatic rings. The SMILES string of the molecule is C=CCn1c(=NC(=O)c2ccc(C#N)cc2)sc2cc3c(cc21)OCO3. The molecule has 0 N–H and O–H groups in total. The molecule has 4 rings (SSSR count). The van der Waals surface area contributed by atoms with Gasteiger partial charge in [-0.05, 0) is 24.3 Å². The summed E-state index contributed by atoms with van der Waals surface area (Å²) in [6.07, 6.45) is 1.75. The van der Waals surface area contributed by atoms with Crippen LogP contribution in [0, 0.1) is 11.3 Å². The van der Waals surface area contributed by atoms with Gasteiger partial charge in [-0.2, -0.15) is 10.3 Å². The first-order valence-corrected chi connectivity index (χ1v) is 8.64. The minimum absolute atomic E-state index is 0.211. The second-order valence-corrected chi connectivity index (χ2v) is 6.57. The quantitative estimate of drug-likeness (QED) is 0.670. The van der Waals surface area contributed by atoms with Gasteiger partial charge in [0.25, 0.3) is 5.91 Å². The van der Waals surface area contributed by atoms with E-state index < -0.39 is 0 Å². The summed E-state index contributed by atoms with van der Waals surface area (Å²) >= 11 is 1.40. The number of carbonyl (C=O) groups is 1. The predicted octanol–water partition coefficient (Wildman–Crippen LogP) is 3.23. The molecule has 2 heterocycles. The van der Waals surface area contributed by atoms with Crippen LogP contribution in [-0.2, 0) is 6.54 Å². The van der Waals surface area contributed by atoms with E-state index in [2.05, 4.69) is 11.6 Å². The van der Waals surface area contributed by atoms with Crippen LogP contribution in [0.25, 0.3) is 10.2 Å². The molecular formula is C19H13N3O3S. The second-order valence-electron chi connectivity index (χ2n) is 5.56. The average molecular weight is 363 g/mol. The molecule has 26 heavy (non-hydrogen) atoms. The van der Waals surface area contributed by atoms with E-state index in [0.717, 1.165) is 10.2 Å². The van der Waals surface area contributed by atoms with Gasteiger partial charge in [0, 0.05) is 24.2 Å². The lowest BCUT2D eigenvalue weighted by molar-refractivity contribution is 0.0998. The molecule has 1 aromatic heterocycles. The number of hydrogen-bond donors (Lipinski definition) is 0. The number of aromatic nitrogens is 1. The number of rotatable bonds is 3. The van der Waals surface area contributed by atoms with Crippen LogP contribution < -0.4 is 14.3 Å². The van der Waals surface area contributed by atoms with Crippen molar-refractivity contribution in [2.45, 2.75) is 6.54 Å². The van der Waals surface area contributed by atoms with Crippen LogP contribution in [0.4, 0.5) is 0 Å². The molecule has 2 aromatic carbocycles. The first-order valence-electron chi connectivity index (χ1n) is 7.82. The highest BCUT2D eigenvalue weighted by Gasteiger charge is 2.17. The molecule has 0 bridgehead atoms. The van der Waals surface area contributed by atoms with Crippen LogP contribution in [0.5, 0.6) is 11.5 Å². The molecule has 0 atom stereocenters. The van der Waals surface area contributed by atoms with Crippen LogP contribution in [0.15, 0.2) is 54.0 Å². The first kappa shape index (κ1) is 16.1. The Hall–Kier alpha value is -3.37. The summed E-state index contributed by atoms with van der Waals surface area (Å²) in [5.41, 5.74) is 1.84. The zero-order chi connectivity index (χ0) is 18.1. The maximum absolute atomic E-state index is 12.5. The number of hydrogen-bond acceptors (Lipinski definition) is 5. The van der Waals surface area contributed by atoms with Crippen molar-refractivity contribution in [3.8, 4) is 17.6 Å². The predicted molar refractivity (Wildman–Crippen MR) is 97.2 cm³/mol. The normalized spacial score (nSPS) is 13.0. The van der Waals surface area contributed by atoms with Gasteiger partial charge < -0.3 is 14.0 Å². The van der Waals surface area contributed by atoms with Crippen molar-refractivity contribution in [3.63, 3.8) is 0 Å². The Morgan fingerprint density at radius 2 is 2.04 bits per heavy atom. The number of ether oxygens (including phenoxy) is 2. The topological polar surface area (TPSA) is 76.6 Å². The molecule has 0 fully saturated rings. The number of benzene rings is 2. The van der Waals surface area contributed by atoms with E-state index in [0.29, 0.717) is 34.0 Å². The van der Waals surface area contributed by atoms with E-state index in [1.807, 2.05) is 22.8 Å². The van der Waals surface area contributed by atoms with Gasteiger partial charge in [0.1, 0.15) is 0 Å². The molecule has 1 amide bonds. The van der Waals surface area contributed by atoms with Gasteiger partial charge in [0.2, 0.25) is 6.79 Å². The Morgan fingerprint density at radius 1 is 1.31 bits per heavy atom. The molecule has 1 aliphatic heterocycles. The Balaban J connectivity index is 1.82. The standard InChI is InChI=1S/C19H13N3O3S/c1-2-7-22-14-8-15-16(25-11-24-15)9-17(14)26-19(22)21-18(23)13-5-3-12(10-20)4-6-13/h2-6,8-9H,1,7,11H2. The van der Waals surface area contributed by atoms with Crippen molar-refractivity contribution in [1.29, 1.82) is 5.26 Å². The highest BCUT2D eigenvalue weighted by atomic mass is 32.1. The number of thiazole rings is 1. The van der Waals surface area contributed by atoms with Crippen molar-refractivity contribution < 1.29 is 14.3 Å². The van der Waals surface area contributed by atoms with E-state index in [1.165, 1.54) is 11.3 Å². The molecule has 0 radical (unpaired) electrons. The number of amides is 1. The average Bonchev–Trinajstić information content (AvgIpc) is 3.24. The molecule has 0 saturated heterocycles. The largest absolute Gasteiger partial charge is 0.454 e. The summed E-state index contributed by atoms with van der Waals surface area (Å²) < 4.78 is 13.7. The number of fused-ring (bicyclic) bond motifs is 2. The highest BCUT2D eigenvalue weighted by Crippen LogP contribution is 2.36. The number of allylic oxidation sites excluding steroid dienone is 1. The second kappa shape index (κ2) is 6.50.